The Labute approximate surface area is 122 Å². The van der Waals surface area contributed by atoms with Gasteiger partial charge in [0.2, 0.25) is 5.91 Å². The summed E-state index contributed by atoms with van der Waals surface area (Å²) in [5.41, 5.74) is 1.28. The first-order valence-electron chi connectivity index (χ1n) is 6.35. The van der Waals surface area contributed by atoms with Gasteiger partial charge in [-0.15, -0.1) is 11.8 Å². The Hall–Kier alpha value is -1.53. The van der Waals surface area contributed by atoms with E-state index in [9.17, 15) is 9.59 Å². The first-order chi connectivity index (χ1) is 9.52. The number of hydrogen-bond acceptors (Lipinski definition) is 4. The number of likely N-dealkylation sites (N-methyl/N-ethyl adjacent to an activating group) is 1. The second kappa shape index (κ2) is 6.28. The molecule has 1 N–H and O–H groups in total. The molecule has 6 heteroatoms. The van der Waals surface area contributed by atoms with Gasteiger partial charge < -0.3 is 15.0 Å². The van der Waals surface area contributed by atoms with Crippen molar-refractivity contribution in [2.24, 2.45) is 0 Å². The monoisotopic (exact) mass is 294 g/mol. The number of anilines is 1. The topological polar surface area (TPSA) is 58.6 Å². The predicted molar refractivity (Wildman–Crippen MR) is 79.2 cm³/mol. The number of ether oxygens (including phenoxy) is 1. The maximum atomic E-state index is 12.4. The summed E-state index contributed by atoms with van der Waals surface area (Å²) in [6, 6.07) is 5.40. The molecule has 0 saturated carbocycles. The van der Waals surface area contributed by atoms with Gasteiger partial charge in [0.05, 0.1) is 24.1 Å². The van der Waals surface area contributed by atoms with Crippen LogP contribution in [-0.4, -0.2) is 49.3 Å². The van der Waals surface area contributed by atoms with Gasteiger partial charge in [0.1, 0.15) is 0 Å². The molecule has 2 amide bonds. The maximum Gasteiger partial charge on any atom is 0.253 e. The number of nitrogens with zero attached hydrogens (tertiary/aromatic N) is 1. The third kappa shape index (κ3) is 3.13. The van der Waals surface area contributed by atoms with E-state index >= 15 is 0 Å². The molecule has 0 bridgehead atoms. The first kappa shape index (κ1) is 14.9. The van der Waals surface area contributed by atoms with Crippen molar-refractivity contribution >= 4 is 29.3 Å². The van der Waals surface area contributed by atoms with Gasteiger partial charge in [-0.25, -0.2) is 0 Å². The van der Waals surface area contributed by atoms with E-state index in [1.165, 1.54) is 11.8 Å². The van der Waals surface area contributed by atoms with Crippen molar-refractivity contribution in [1.29, 1.82) is 0 Å². The summed E-state index contributed by atoms with van der Waals surface area (Å²) in [7, 11) is 3.36. The number of benzene rings is 1. The number of carbonyl (C=O) groups excluding carboxylic acids is 2. The zero-order chi connectivity index (χ0) is 14.7. The van der Waals surface area contributed by atoms with Gasteiger partial charge in [-0.05, 0) is 25.1 Å². The molecule has 108 valence electrons. The fourth-order valence-corrected chi connectivity index (χ4v) is 2.76. The van der Waals surface area contributed by atoms with Crippen LogP contribution in [-0.2, 0) is 9.53 Å². The molecule has 1 heterocycles. The smallest absolute Gasteiger partial charge is 0.253 e. The van der Waals surface area contributed by atoms with Gasteiger partial charge in [-0.3, -0.25) is 9.59 Å². The average molecular weight is 294 g/mol. The molecule has 0 unspecified atom stereocenters. The molecule has 2 rings (SSSR count). The molecular weight excluding hydrogens is 276 g/mol. The highest BCUT2D eigenvalue weighted by atomic mass is 32.2. The molecule has 1 aliphatic rings. The summed E-state index contributed by atoms with van der Waals surface area (Å²) >= 11 is 1.48. The summed E-state index contributed by atoms with van der Waals surface area (Å²) in [5.74, 6) is 0.306. The molecule has 0 aromatic heterocycles. The van der Waals surface area contributed by atoms with Gasteiger partial charge in [0.25, 0.3) is 5.91 Å². The van der Waals surface area contributed by atoms with Gasteiger partial charge in [0.15, 0.2) is 0 Å². The van der Waals surface area contributed by atoms with Crippen LogP contribution in [0.15, 0.2) is 23.1 Å². The van der Waals surface area contributed by atoms with Crippen LogP contribution in [0, 0.1) is 0 Å². The quantitative estimate of drug-likeness (QED) is 0.920. The van der Waals surface area contributed by atoms with E-state index in [1.54, 1.807) is 31.2 Å². The molecule has 0 spiro atoms. The number of methoxy groups -OCH3 is 1. The zero-order valence-corrected chi connectivity index (χ0v) is 12.6. The summed E-state index contributed by atoms with van der Waals surface area (Å²) in [5, 5.41) is 2.79. The van der Waals surface area contributed by atoms with E-state index in [0.29, 0.717) is 23.6 Å². The van der Waals surface area contributed by atoms with E-state index in [-0.39, 0.29) is 17.9 Å². The highest BCUT2D eigenvalue weighted by Gasteiger charge is 2.21. The molecule has 0 aliphatic carbocycles. The van der Waals surface area contributed by atoms with Crippen molar-refractivity contribution in [3.05, 3.63) is 23.8 Å². The lowest BCUT2D eigenvalue weighted by molar-refractivity contribution is -0.113. The van der Waals surface area contributed by atoms with Crippen molar-refractivity contribution in [1.82, 2.24) is 4.90 Å². The second-order valence-electron chi connectivity index (χ2n) is 4.77. The molecule has 20 heavy (non-hydrogen) atoms. The Kier molecular flexibility index (Phi) is 4.67. The SMILES string of the molecule is COC[C@@H](C)N(C)C(=O)c1ccc2c(c1)NC(=O)CS2. The lowest BCUT2D eigenvalue weighted by Crippen LogP contribution is -2.37. The zero-order valence-electron chi connectivity index (χ0n) is 11.8. The largest absolute Gasteiger partial charge is 0.383 e. The van der Waals surface area contributed by atoms with Crippen molar-refractivity contribution < 1.29 is 14.3 Å². The third-order valence-electron chi connectivity index (χ3n) is 3.25. The van der Waals surface area contributed by atoms with Gasteiger partial charge in [0, 0.05) is 24.6 Å². The molecule has 0 fully saturated rings. The normalized spacial score (nSPS) is 15.2. The Bertz CT molecular complexity index is 533. The molecule has 0 radical (unpaired) electrons. The summed E-state index contributed by atoms with van der Waals surface area (Å²) < 4.78 is 5.06. The van der Waals surface area contributed by atoms with Crippen LogP contribution >= 0.6 is 11.8 Å². The van der Waals surface area contributed by atoms with Crippen LogP contribution in [0.5, 0.6) is 0 Å². The fourth-order valence-electron chi connectivity index (χ4n) is 1.97. The summed E-state index contributed by atoms with van der Waals surface area (Å²) in [4.78, 5) is 26.4. The van der Waals surface area contributed by atoms with E-state index < -0.39 is 0 Å². The number of carbonyl (C=O) groups is 2. The van der Waals surface area contributed by atoms with Crippen LogP contribution in [0.2, 0.25) is 0 Å². The Morgan fingerprint density at radius 2 is 2.30 bits per heavy atom. The minimum Gasteiger partial charge on any atom is -0.383 e. The molecule has 1 aromatic rings. The van der Waals surface area contributed by atoms with Crippen LogP contribution in [0.4, 0.5) is 5.69 Å². The summed E-state index contributed by atoms with van der Waals surface area (Å²) in [6.45, 7) is 2.41. The highest BCUT2D eigenvalue weighted by Crippen LogP contribution is 2.32. The molecule has 1 aromatic carbocycles. The van der Waals surface area contributed by atoms with Crippen LogP contribution in [0.3, 0.4) is 0 Å². The van der Waals surface area contributed by atoms with Crippen LogP contribution in [0.1, 0.15) is 17.3 Å². The Morgan fingerprint density at radius 3 is 3.00 bits per heavy atom. The van der Waals surface area contributed by atoms with Crippen LogP contribution in [0.25, 0.3) is 0 Å². The van der Waals surface area contributed by atoms with E-state index in [0.717, 1.165) is 4.90 Å². The van der Waals surface area contributed by atoms with Crippen molar-refractivity contribution in [2.75, 3.05) is 31.8 Å². The number of rotatable bonds is 4. The molecule has 1 atom stereocenters. The summed E-state index contributed by atoms with van der Waals surface area (Å²) in [6.07, 6.45) is 0. The van der Waals surface area contributed by atoms with Gasteiger partial charge in [-0.2, -0.15) is 0 Å². The van der Waals surface area contributed by atoms with Crippen molar-refractivity contribution in [2.45, 2.75) is 17.9 Å². The minimum absolute atomic E-state index is 0.00695. The standard InChI is InChI=1S/C14H18N2O3S/c1-9(7-19-3)16(2)14(18)10-4-5-12-11(6-10)15-13(17)8-20-12/h4-6,9H,7-8H2,1-3H3,(H,15,17)/t9-/m1/s1. The highest BCUT2D eigenvalue weighted by molar-refractivity contribution is 8.00. The van der Waals surface area contributed by atoms with E-state index in [2.05, 4.69) is 5.32 Å². The minimum atomic E-state index is -0.0813. The Morgan fingerprint density at radius 1 is 1.55 bits per heavy atom. The number of fused-ring (bicyclic) bond motifs is 1. The lowest BCUT2D eigenvalue weighted by Gasteiger charge is -2.25. The van der Waals surface area contributed by atoms with Crippen molar-refractivity contribution in [3.63, 3.8) is 0 Å². The van der Waals surface area contributed by atoms with E-state index in [4.69, 9.17) is 4.74 Å². The third-order valence-corrected chi connectivity index (χ3v) is 4.32. The second-order valence-corrected chi connectivity index (χ2v) is 5.79. The maximum absolute atomic E-state index is 12.4. The molecular formula is C14H18N2O3S. The number of amides is 2. The fraction of sp³-hybridized carbons (Fsp3) is 0.429. The number of hydrogen-bond donors (Lipinski definition) is 1. The van der Waals surface area contributed by atoms with Gasteiger partial charge >= 0.3 is 0 Å². The first-order valence-corrected chi connectivity index (χ1v) is 7.34. The van der Waals surface area contributed by atoms with Gasteiger partial charge in [-0.1, -0.05) is 0 Å². The number of thioether (sulfide) groups is 1. The molecule has 5 nitrogen and oxygen atoms in total. The molecule has 1 aliphatic heterocycles. The van der Waals surface area contributed by atoms with Crippen molar-refractivity contribution in [3.8, 4) is 0 Å². The average Bonchev–Trinajstić information content (AvgIpc) is 2.45. The predicted octanol–water partition coefficient (Wildman–Crippen LogP) is 1.84. The van der Waals surface area contributed by atoms with Crippen LogP contribution < -0.4 is 5.32 Å². The Balaban J connectivity index is 2.18. The number of nitrogens with one attached hydrogen (secondary N) is 1. The molecule has 0 saturated heterocycles. The lowest BCUT2D eigenvalue weighted by atomic mass is 10.1. The van der Waals surface area contributed by atoms with E-state index in [1.807, 2.05) is 13.0 Å².